The second-order valence-corrected chi connectivity index (χ2v) is 13.7. The lowest BCUT2D eigenvalue weighted by atomic mass is 9.38. The molecular formula is C30H42N2O4. The molecule has 0 aromatic carbocycles. The molecule has 6 nitrogen and oxygen atoms in total. The SMILES string of the molecule is CCC(C)CN1C(=O)C2CCC3C4CCC5C(=O)N(C)C(=O)C6CCC(C7CCC(C1=O)C2C37)C4C56. The number of piperidine rings is 2. The number of likely N-dealkylation sites (tertiary alicyclic amines) is 2. The number of hydrogen-bond donors (Lipinski definition) is 0. The molecule has 0 N–H and O–H groups in total. The van der Waals surface area contributed by atoms with Crippen LogP contribution in [0.5, 0.6) is 0 Å². The Morgan fingerprint density at radius 2 is 0.972 bits per heavy atom. The number of nitrogens with zero attached hydrogens (tertiary/aromatic N) is 2. The molecule has 7 fully saturated rings. The summed E-state index contributed by atoms with van der Waals surface area (Å²) in [4.78, 5) is 56.9. The average molecular weight is 495 g/mol. The molecule has 36 heavy (non-hydrogen) atoms. The zero-order chi connectivity index (χ0) is 25.0. The van der Waals surface area contributed by atoms with E-state index in [0.29, 0.717) is 48.0 Å². The maximum atomic E-state index is 13.7. The summed E-state index contributed by atoms with van der Waals surface area (Å²) in [5, 5.41) is 0. The van der Waals surface area contributed by atoms with Crippen LogP contribution in [-0.4, -0.2) is 47.0 Å². The summed E-state index contributed by atoms with van der Waals surface area (Å²) in [5.41, 5.74) is 0. The van der Waals surface area contributed by atoms with Crippen molar-refractivity contribution in [2.24, 2.45) is 76.9 Å². The van der Waals surface area contributed by atoms with Crippen LogP contribution in [0.15, 0.2) is 0 Å². The first-order chi connectivity index (χ1) is 17.3. The third kappa shape index (κ3) is 2.90. The topological polar surface area (TPSA) is 74.8 Å². The standard InChI is InChI=1S/C30H42N2O4/c1-4-14(2)13-32-29(35)21-11-7-17-15-5-9-19-25-20(28(34)31(3)27(19)33)10-6-16(23(15)25)18-8-12-22(30(32)36)26(21)24(17)18/h14-26H,4-13H2,1-3H3. The number of fused-ring (bicyclic) bond motifs is 2. The minimum atomic E-state index is 0.0246. The number of imide groups is 2. The molecule has 7 rings (SSSR count). The minimum absolute atomic E-state index is 0.0246. The highest BCUT2D eigenvalue weighted by molar-refractivity contribution is 6.01. The Hall–Kier alpha value is -1.72. The highest BCUT2D eigenvalue weighted by Gasteiger charge is 2.67. The quantitative estimate of drug-likeness (QED) is 0.556. The van der Waals surface area contributed by atoms with Crippen molar-refractivity contribution < 1.29 is 19.2 Å². The molecular weight excluding hydrogens is 452 g/mol. The number of carbonyl (C=O) groups excluding carboxylic acids is 4. The van der Waals surface area contributed by atoms with Gasteiger partial charge in [0.25, 0.3) is 0 Å². The smallest absolute Gasteiger partial charge is 0.232 e. The van der Waals surface area contributed by atoms with Gasteiger partial charge >= 0.3 is 0 Å². The van der Waals surface area contributed by atoms with Crippen LogP contribution in [0.25, 0.3) is 0 Å². The molecule has 0 bridgehead atoms. The molecule has 2 saturated heterocycles. The Labute approximate surface area is 214 Å². The fraction of sp³-hybridized carbons (Fsp3) is 0.867. The Balaban J connectivity index is 1.23. The Morgan fingerprint density at radius 3 is 1.33 bits per heavy atom. The largest absolute Gasteiger partial charge is 0.285 e. The molecule has 196 valence electrons. The van der Waals surface area contributed by atoms with Crippen LogP contribution in [0.2, 0.25) is 0 Å². The van der Waals surface area contributed by atoms with Gasteiger partial charge in [-0.2, -0.15) is 0 Å². The molecule has 9 unspecified atom stereocenters. The van der Waals surface area contributed by atoms with E-state index in [2.05, 4.69) is 13.8 Å². The maximum Gasteiger partial charge on any atom is 0.232 e. The van der Waals surface area contributed by atoms with E-state index >= 15 is 0 Å². The van der Waals surface area contributed by atoms with Crippen molar-refractivity contribution in [2.45, 2.75) is 71.6 Å². The van der Waals surface area contributed by atoms with Gasteiger partial charge in [0, 0.05) is 37.3 Å². The van der Waals surface area contributed by atoms with Crippen LogP contribution in [-0.2, 0) is 19.2 Å². The van der Waals surface area contributed by atoms with Crippen molar-refractivity contribution in [3.8, 4) is 0 Å². The first-order valence-corrected chi connectivity index (χ1v) is 15.0. The number of hydrogen-bond acceptors (Lipinski definition) is 4. The molecule has 5 aliphatic carbocycles. The summed E-state index contributed by atoms with van der Waals surface area (Å²) in [5.74, 6) is 4.52. The van der Waals surface area contributed by atoms with Gasteiger partial charge in [-0.3, -0.25) is 29.0 Å². The average Bonchev–Trinajstić information content (AvgIpc) is 2.90. The molecule has 0 aromatic heterocycles. The molecule has 0 radical (unpaired) electrons. The second kappa shape index (κ2) is 8.14. The molecule has 0 spiro atoms. The molecule has 2 aliphatic heterocycles. The highest BCUT2D eigenvalue weighted by atomic mass is 16.2. The molecule has 7 aliphatic rings. The lowest BCUT2D eigenvalue weighted by Crippen LogP contribution is -2.68. The lowest BCUT2D eigenvalue weighted by Gasteiger charge is -2.67. The molecule has 0 aromatic rings. The van der Waals surface area contributed by atoms with E-state index in [-0.39, 0.29) is 59.1 Å². The van der Waals surface area contributed by atoms with E-state index in [1.807, 2.05) is 0 Å². The van der Waals surface area contributed by atoms with E-state index in [0.717, 1.165) is 57.8 Å². The Morgan fingerprint density at radius 1 is 0.611 bits per heavy atom. The molecule has 4 amide bonds. The Kier molecular flexibility index (Phi) is 5.29. The predicted molar refractivity (Wildman–Crippen MR) is 133 cm³/mol. The molecule has 6 heteroatoms. The zero-order valence-corrected chi connectivity index (χ0v) is 22.1. The monoisotopic (exact) mass is 494 g/mol. The van der Waals surface area contributed by atoms with E-state index in [9.17, 15) is 19.2 Å². The van der Waals surface area contributed by atoms with E-state index < -0.39 is 0 Å². The van der Waals surface area contributed by atoms with Crippen LogP contribution in [0.4, 0.5) is 0 Å². The van der Waals surface area contributed by atoms with Gasteiger partial charge in [0.05, 0.1) is 0 Å². The van der Waals surface area contributed by atoms with Crippen LogP contribution in [0, 0.1) is 76.9 Å². The van der Waals surface area contributed by atoms with Crippen molar-refractivity contribution in [2.75, 3.05) is 13.6 Å². The van der Waals surface area contributed by atoms with Crippen molar-refractivity contribution in [3.63, 3.8) is 0 Å². The van der Waals surface area contributed by atoms with Gasteiger partial charge in [0.15, 0.2) is 0 Å². The van der Waals surface area contributed by atoms with Crippen LogP contribution in [0.1, 0.15) is 71.6 Å². The zero-order valence-electron chi connectivity index (χ0n) is 22.1. The maximum absolute atomic E-state index is 13.7. The predicted octanol–water partition coefficient (Wildman–Crippen LogP) is 3.98. The fourth-order valence-corrected chi connectivity index (χ4v) is 11.3. The van der Waals surface area contributed by atoms with Gasteiger partial charge in [0.2, 0.25) is 23.6 Å². The molecule has 2 heterocycles. The van der Waals surface area contributed by atoms with E-state index in [4.69, 9.17) is 0 Å². The summed E-state index contributed by atoms with van der Waals surface area (Å²) in [6.07, 6.45) is 9.00. The van der Waals surface area contributed by atoms with Gasteiger partial charge in [-0.05, 0) is 105 Å². The first-order valence-electron chi connectivity index (χ1n) is 15.0. The number of carbonyl (C=O) groups is 4. The summed E-state index contributed by atoms with van der Waals surface area (Å²) in [6.45, 7) is 4.86. The lowest BCUT2D eigenvalue weighted by molar-refractivity contribution is -0.209. The van der Waals surface area contributed by atoms with Crippen LogP contribution < -0.4 is 0 Å². The number of rotatable bonds is 3. The van der Waals surface area contributed by atoms with Crippen molar-refractivity contribution >= 4 is 23.6 Å². The van der Waals surface area contributed by atoms with E-state index in [1.54, 1.807) is 11.9 Å². The van der Waals surface area contributed by atoms with Gasteiger partial charge in [-0.1, -0.05) is 20.3 Å². The molecule has 9 atom stereocenters. The summed E-state index contributed by atoms with van der Waals surface area (Å²) >= 11 is 0. The summed E-state index contributed by atoms with van der Waals surface area (Å²) in [7, 11) is 1.69. The third-order valence-electron chi connectivity index (χ3n) is 12.7. The summed E-state index contributed by atoms with van der Waals surface area (Å²) in [6, 6.07) is 0. The second-order valence-electron chi connectivity index (χ2n) is 13.7. The van der Waals surface area contributed by atoms with Crippen LogP contribution >= 0.6 is 0 Å². The van der Waals surface area contributed by atoms with Crippen molar-refractivity contribution in [1.29, 1.82) is 0 Å². The number of amides is 4. The third-order valence-corrected chi connectivity index (χ3v) is 12.7. The van der Waals surface area contributed by atoms with Crippen molar-refractivity contribution in [3.05, 3.63) is 0 Å². The van der Waals surface area contributed by atoms with E-state index in [1.165, 1.54) is 4.90 Å². The fourth-order valence-electron chi connectivity index (χ4n) is 11.3. The Bertz CT molecular complexity index is 941. The summed E-state index contributed by atoms with van der Waals surface area (Å²) < 4.78 is 0. The normalized spacial score (nSPS) is 50.0. The van der Waals surface area contributed by atoms with Gasteiger partial charge in [-0.25, -0.2) is 0 Å². The van der Waals surface area contributed by atoms with Gasteiger partial charge in [0.1, 0.15) is 0 Å². The minimum Gasteiger partial charge on any atom is -0.285 e. The van der Waals surface area contributed by atoms with Gasteiger partial charge in [-0.15, -0.1) is 0 Å². The van der Waals surface area contributed by atoms with Crippen LogP contribution in [0.3, 0.4) is 0 Å². The van der Waals surface area contributed by atoms with Gasteiger partial charge < -0.3 is 0 Å². The highest BCUT2D eigenvalue weighted by Crippen LogP contribution is 2.69. The first kappa shape index (κ1) is 23.4. The van der Waals surface area contributed by atoms with Crippen molar-refractivity contribution in [1.82, 2.24) is 9.80 Å². The molecule has 5 saturated carbocycles.